The highest BCUT2D eigenvalue weighted by Crippen LogP contribution is 2.40. The molecule has 0 atom stereocenters. The molecule has 0 bridgehead atoms. The lowest BCUT2D eigenvalue weighted by molar-refractivity contribution is -0.119. The molecule has 0 aliphatic carbocycles. The van der Waals surface area contributed by atoms with Crippen LogP contribution in [-0.4, -0.2) is 30.2 Å². The zero-order valence-electron chi connectivity index (χ0n) is 17.7. The molecule has 3 rings (SSSR count). The molecule has 0 saturated heterocycles. The molecule has 2 amide bonds. The smallest absolute Gasteiger partial charge is 0.272 e. The van der Waals surface area contributed by atoms with Crippen molar-refractivity contribution in [3.8, 4) is 0 Å². The van der Waals surface area contributed by atoms with Crippen LogP contribution in [0.1, 0.15) is 38.8 Å². The SMILES string of the molecule is CCN(CC)c1ccc(N2C(=O)C(SC(C)C)=C(c3ccc(C)cc3)C2=O)cc1. The molecule has 0 saturated carbocycles. The summed E-state index contributed by atoms with van der Waals surface area (Å²) in [5.41, 5.74) is 4.11. The van der Waals surface area contributed by atoms with E-state index in [2.05, 4.69) is 18.7 Å². The van der Waals surface area contributed by atoms with Crippen LogP contribution in [-0.2, 0) is 9.59 Å². The molecule has 0 radical (unpaired) electrons. The number of aryl methyl sites for hydroxylation is 1. The molecule has 2 aromatic carbocycles. The third kappa shape index (κ3) is 4.25. The van der Waals surface area contributed by atoms with Crippen molar-refractivity contribution in [2.24, 2.45) is 0 Å². The van der Waals surface area contributed by atoms with Gasteiger partial charge in [0.1, 0.15) is 0 Å². The second-order valence-corrected chi connectivity index (χ2v) is 8.96. The molecule has 0 unspecified atom stereocenters. The van der Waals surface area contributed by atoms with Gasteiger partial charge in [0.15, 0.2) is 0 Å². The largest absolute Gasteiger partial charge is 0.372 e. The van der Waals surface area contributed by atoms with Crippen molar-refractivity contribution >= 4 is 40.5 Å². The maximum atomic E-state index is 13.3. The first-order valence-electron chi connectivity index (χ1n) is 10.1. The fraction of sp³-hybridized carbons (Fsp3) is 0.333. The van der Waals surface area contributed by atoms with Gasteiger partial charge in [-0.3, -0.25) is 9.59 Å². The normalized spacial score (nSPS) is 14.3. The molecule has 5 heteroatoms. The monoisotopic (exact) mass is 408 g/mol. The van der Waals surface area contributed by atoms with Crippen LogP contribution in [0.5, 0.6) is 0 Å². The fourth-order valence-corrected chi connectivity index (χ4v) is 4.45. The number of thioether (sulfide) groups is 1. The van der Waals surface area contributed by atoms with Crippen LogP contribution >= 0.6 is 11.8 Å². The number of carbonyl (C=O) groups excluding carboxylic acids is 2. The van der Waals surface area contributed by atoms with E-state index in [-0.39, 0.29) is 17.1 Å². The van der Waals surface area contributed by atoms with Crippen LogP contribution < -0.4 is 9.80 Å². The lowest BCUT2D eigenvalue weighted by Gasteiger charge is -2.22. The first-order valence-corrected chi connectivity index (χ1v) is 11.0. The molecule has 152 valence electrons. The number of benzene rings is 2. The zero-order chi connectivity index (χ0) is 21.1. The minimum Gasteiger partial charge on any atom is -0.372 e. The molecule has 29 heavy (non-hydrogen) atoms. The highest BCUT2D eigenvalue weighted by molar-refractivity contribution is 8.04. The van der Waals surface area contributed by atoms with Gasteiger partial charge in [-0.1, -0.05) is 43.7 Å². The molecular formula is C24H28N2O2S. The van der Waals surface area contributed by atoms with Gasteiger partial charge in [0, 0.05) is 24.0 Å². The van der Waals surface area contributed by atoms with Gasteiger partial charge in [-0.25, -0.2) is 4.90 Å². The van der Waals surface area contributed by atoms with E-state index in [9.17, 15) is 9.59 Å². The lowest BCUT2D eigenvalue weighted by Crippen LogP contribution is -2.31. The van der Waals surface area contributed by atoms with Gasteiger partial charge in [0.2, 0.25) is 0 Å². The van der Waals surface area contributed by atoms with Gasteiger partial charge in [0.05, 0.1) is 16.2 Å². The van der Waals surface area contributed by atoms with Gasteiger partial charge in [-0.15, -0.1) is 11.8 Å². The minimum absolute atomic E-state index is 0.201. The Morgan fingerprint density at radius 1 is 0.897 bits per heavy atom. The van der Waals surface area contributed by atoms with Crippen LogP contribution in [0.4, 0.5) is 11.4 Å². The maximum absolute atomic E-state index is 13.3. The van der Waals surface area contributed by atoms with Crippen molar-refractivity contribution in [3.05, 3.63) is 64.6 Å². The summed E-state index contributed by atoms with van der Waals surface area (Å²) < 4.78 is 0. The van der Waals surface area contributed by atoms with Crippen LogP contribution in [0.2, 0.25) is 0 Å². The Bertz CT molecular complexity index is 926. The number of hydrogen-bond donors (Lipinski definition) is 0. The predicted molar refractivity (Wildman–Crippen MR) is 123 cm³/mol. The van der Waals surface area contributed by atoms with Crippen molar-refractivity contribution < 1.29 is 9.59 Å². The molecule has 0 aromatic heterocycles. The van der Waals surface area contributed by atoms with E-state index in [1.807, 2.05) is 69.3 Å². The maximum Gasteiger partial charge on any atom is 0.272 e. The number of imide groups is 1. The van der Waals surface area contributed by atoms with Crippen molar-refractivity contribution in [3.63, 3.8) is 0 Å². The minimum atomic E-state index is -0.252. The third-order valence-corrected chi connectivity index (χ3v) is 6.06. The summed E-state index contributed by atoms with van der Waals surface area (Å²) in [5.74, 6) is -0.488. The van der Waals surface area contributed by atoms with E-state index in [1.54, 1.807) is 0 Å². The molecule has 0 fully saturated rings. The van der Waals surface area contributed by atoms with Crippen LogP contribution in [0.15, 0.2) is 53.4 Å². The van der Waals surface area contributed by atoms with Gasteiger partial charge in [0.25, 0.3) is 11.8 Å². The Morgan fingerprint density at radius 2 is 1.48 bits per heavy atom. The lowest BCUT2D eigenvalue weighted by atomic mass is 10.0. The Labute approximate surface area is 177 Å². The summed E-state index contributed by atoms with van der Waals surface area (Å²) in [6.45, 7) is 12.1. The van der Waals surface area contributed by atoms with Crippen molar-refractivity contribution in [1.82, 2.24) is 0 Å². The summed E-state index contributed by atoms with van der Waals surface area (Å²) in [6.07, 6.45) is 0. The van der Waals surface area contributed by atoms with Gasteiger partial charge >= 0.3 is 0 Å². The number of rotatable bonds is 7. The molecule has 0 N–H and O–H groups in total. The van der Waals surface area contributed by atoms with Crippen LogP contribution in [0.25, 0.3) is 5.57 Å². The third-order valence-electron chi connectivity index (χ3n) is 4.97. The van der Waals surface area contributed by atoms with E-state index in [4.69, 9.17) is 0 Å². The highest BCUT2D eigenvalue weighted by atomic mass is 32.2. The van der Waals surface area contributed by atoms with Gasteiger partial charge in [-0.05, 0) is 50.6 Å². The number of amides is 2. The van der Waals surface area contributed by atoms with Crippen molar-refractivity contribution in [2.45, 2.75) is 39.9 Å². The summed E-state index contributed by atoms with van der Waals surface area (Å²) in [7, 11) is 0. The summed E-state index contributed by atoms with van der Waals surface area (Å²) >= 11 is 1.45. The van der Waals surface area contributed by atoms with Crippen molar-refractivity contribution in [2.75, 3.05) is 22.9 Å². The molecule has 1 heterocycles. The van der Waals surface area contributed by atoms with Gasteiger partial charge < -0.3 is 4.90 Å². The Hall–Kier alpha value is -2.53. The second-order valence-electron chi connectivity index (χ2n) is 7.37. The standard InChI is InChI=1S/C24H28N2O2S/c1-6-25(7-2)19-12-14-20(15-13-19)26-23(27)21(18-10-8-17(5)9-11-18)22(24(26)28)29-16(3)4/h8-16H,6-7H2,1-5H3. The van der Waals surface area contributed by atoms with E-state index in [1.165, 1.54) is 16.7 Å². The zero-order valence-corrected chi connectivity index (χ0v) is 18.5. The fourth-order valence-electron chi connectivity index (χ4n) is 3.47. The molecular weight excluding hydrogens is 380 g/mol. The highest BCUT2D eigenvalue weighted by Gasteiger charge is 2.40. The van der Waals surface area contributed by atoms with E-state index in [0.717, 1.165) is 29.9 Å². The quantitative estimate of drug-likeness (QED) is 0.586. The number of nitrogens with zero attached hydrogens (tertiary/aromatic N) is 2. The predicted octanol–water partition coefficient (Wildman–Crippen LogP) is 5.27. The average molecular weight is 409 g/mol. The summed E-state index contributed by atoms with van der Waals surface area (Å²) in [4.78, 5) is 30.7. The van der Waals surface area contributed by atoms with Crippen LogP contribution in [0.3, 0.4) is 0 Å². The summed E-state index contributed by atoms with van der Waals surface area (Å²) in [5, 5.41) is 0.201. The van der Waals surface area contributed by atoms with E-state index < -0.39 is 0 Å². The first-order chi connectivity index (χ1) is 13.9. The van der Waals surface area contributed by atoms with Gasteiger partial charge in [-0.2, -0.15) is 0 Å². The number of hydrogen-bond acceptors (Lipinski definition) is 4. The first kappa shape index (κ1) is 21.2. The second kappa shape index (κ2) is 8.87. The Balaban J connectivity index is 2.00. The number of carbonyl (C=O) groups is 2. The van der Waals surface area contributed by atoms with Crippen LogP contribution in [0, 0.1) is 6.92 Å². The van der Waals surface area contributed by atoms with E-state index in [0.29, 0.717) is 16.2 Å². The molecule has 2 aromatic rings. The molecule has 4 nitrogen and oxygen atoms in total. The molecule has 0 spiro atoms. The molecule has 1 aliphatic rings. The van der Waals surface area contributed by atoms with E-state index >= 15 is 0 Å². The van der Waals surface area contributed by atoms with Crippen molar-refractivity contribution in [1.29, 1.82) is 0 Å². The Kier molecular flexibility index (Phi) is 6.48. The topological polar surface area (TPSA) is 40.6 Å². The number of anilines is 2. The Morgan fingerprint density at radius 3 is 2.00 bits per heavy atom. The average Bonchev–Trinajstić information content (AvgIpc) is 2.94. The summed E-state index contributed by atoms with van der Waals surface area (Å²) in [6, 6.07) is 15.5. The molecule has 1 aliphatic heterocycles.